The molecule has 0 aliphatic heterocycles. The summed E-state index contributed by atoms with van der Waals surface area (Å²) in [5.74, 6) is 1.73. The SMILES string of the molecule is COCc1cc(-c2nc(-c3ccc(CN(C)CC(C)=O)c(OC)c3)no2)ccc1-c1ccccc1C. The van der Waals surface area contributed by atoms with Crippen molar-refractivity contribution in [1.82, 2.24) is 15.0 Å². The van der Waals surface area contributed by atoms with E-state index in [1.54, 1.807) is 21.1 Å². The minimum atomic E-state index is 0.119. The van der Waals surface area contributed by atoms with E-state index in [0.717, 1.165) is 27.8 Å². The molecule has 3 aromatic carbocycles. The molecule has 1 heterocycles. The van der Waals surface area contributed by atoms with Gasteiger partial charge in [0.15, 0.2) is 0 Å². The molecule has 7 nitrogen and oxygen atoms in total. The number of hydrogen-bond acceptors (Lipinski definition) is 7. The van der Waals surface area contributed by atoms with E-state index < -0.39 is 0 Å². The third-order valence-electron chi connectivity index (χ3n) is 5.99. The molecule has 7 heteroatoms. The van der Waals surface area contributed by atoms with E-state index in [4.69, 9.17) is 14.0 Å². The van der Waals surface area contributed by atoms with Crippen LogP contribution in [0.3, 0.4) is 0 Å². The van der Waals surface area contributed by atoms with E-state index in [0.29, 0.717) is 37.2 Å². The van der Waals surface area contributed by atoms with E-state index in [-0.39, 0.29) is 5.78 Å². The van der Waals surface area contributed by atoms with Gasteiger partial charge in [-0.05, 0) is 61.3 Å². The van der Waals surface area contributed by atoms with Gasteiger partial charge in [-0.2, -0.15) is 4.98 Å². The van der Waals surface area contributed by atoms with E-state index in [2.05, 4.69) is 35.3 Å². The summed E-state index contributed by atoms with van der Waals surface area (Å²) in [5, 5.41) is 4.21. The molecule has 4 aromatic rings. The van der Waals surface area contributed by atoms with Gasteiger partial charge >= 0.3 is 0 Å². The molecule has 0 aliphatic rings. The van der Waals surface area contributed by atoms with Crippen LogP contribution in [0.15, 0.2) is 65.2 Å². The quantitative estimate of drug-likeness (QED) is 0.291. The Morgan fingerprint density at radius 3 is 2.47 bits per heavy atom. The fourth-order valence-electron chi connectivity index (χ4n) is 4.34. The average Bonchev–Trinajstić information content (AvgIpc) is 3.35. The molecule has 0 spiro atoms. The topological polar surface area (TPSA) is 77.7 Å². The van der Waals surface area contributed by atoms with Crippen molar-refractivity contribution < 1.29 is 18.8 Å². The minimum absolute atomic E-state index is 0.119. The van der Waals surface area contributed by atoms with Gasteiger partial charge in [-0.15, -0.1) is 0 Å². The van der Waals surface area contributed by atoms with Crippen molar-refractivity contribution in [3.63, 3.8) is 0 Å². The molecule has 0 aliphatic carbocycles. The van der Waals surface area contributed by atoms with E-state index in [1.165, 1.54) is 11.1 Å². The second-order valence-corrected chi connectivity index (χ2v) is 8.94. The second-order valence-electron chi connectivity index (χ2n) is 8.94. The lowest BCUT2D eigenvalue weighted by Crippen LogP contribution is -2.24. The molecule has 0 radical (unpaired) electrons. The van der Waals surface area contributed by atoms with E-state index in [9.17, 15) is 4.79 Å². The van der Waals surface area contributed by atoms with Crippen molar-refractivity contribution in [2.75, 3.05) is 27.8 Å². The predicted octanol–water partition coefficient (Wildman–Crippen LogP) is 5.55. The number of methoxy groups -OCH3 is 2. The Bertz CT molecular complexity index is 1360. The number of ether oxygens (including phenoxy) is 2. The molecule has 0 saturated heterocycles. The highest BCUT2D eigenvalue weighted by Crippen LogP contribution is 2.32. The van der Waals surface area contributed by atoms with Crippen LogP contribution in [0.25, 0.3) is 34.0 Å². The number of aryl methyl sites for hydroxylation is 1. The van der Waals surface area contributed by atoms with Crippen LogP contribution in [0.2, 0.25) is 0 Å². The first kappa shape index (κ1) is 25.3. The first-order valence-electron chi connectivity index (χ1n) is 11.8. The fourth-order valence-corrected chi connectivity index (χ4v) is 4.34. The number of aromatic nitrogens is 2. The summed E-state index contributed by atoms with van der Waals surface area (Å²) in [6.45, 7) is 5.13. The summed E-state index contributed by atoms with van der Waals surface area (Å²) in [4.78, 5) is 18.0. The highest BCUT2D eigenvalue weighted by Gasteiger charge is 2.16. The lowest BCUT2D eigenvalue weighted by molar-refractivity contribution is -0.117. The number of likely N-dealkylation sites (N-methyl/N-ethyl adjacent to an activating group) is 1. The lowest BCUT2D eigenvalue weighted by Gasteiger charge is -2.17. The molecule has 0 fully saturated rings. The molecule has 0 N–H and O–H groups in total. The van der Waals surface area contributed by atoms with Gasteiger partial charge in [-0.3, -0.25) is 9.69 Å². The zero-order valence-corrected chi connectivity index (χ0v) is 21.4. The number of ketones is 1. The van der Waals surface area contributed by atoms with Gasteiger partial charge in [0.05, 0.1) is 20.3 Å². The summed E-state index contributed by atoms with van der Waals surface area (Å²) < 4.78 is 16.7. The van der Waals surface area contributed by atoms with Crippen LogP contribution in [-0.2, 0) is 22.7 Å². The molecule has 4 rings (SSSR count). The van der Waals surface area contributed by atoms with Gasteiger partial charge in [-0.1, -0.05) is 47.6 Å². The van der Waals surface area contributed by atoms with Crippen LogP contribution in [0, 0.1) is 6.92 Å². The maximum Gasteiger partial charge on any atom is 0.258 e. The van der Waals surface area contributed by atoms with Crippen molar-refractivity contribution in [1.29, 1.82) is 0 Å². The summed E-state index contributed by atoms with van der Waals surface area (Å²) >= 11 is 0. The first-order valence-corrected chi connectivity index (χ1v) is 11.8. The lowest BCUT2D eigenvalue weighted by atomic mass is 9.94. The third kappa shape index (κ3) is 5.70. The van der Waals surface area contributed by atoms with Crippen LogP contribution in [-0.4, -0.2) is 48.6 Å². The summed E-state index contributed by atoms with van der Waals surface area (Å²) in [6.07, 6.45) is 0. The molecule has 1 aromatic heterocycles. The van der Waals surface area contributed by atoms with Crippen molar-refractivity contribution in [2.45, 2.75) is 27.0 Å². The number of carbonyl (C=O) groups is 1. The Hall–Kier alpha value is -3.81. The molecular weight excluding hydrogens is 454 g/mol. The van der Waals surface area contributed by atoms with Crippen LogP contribution < -0.4 is 4.74 Å². The number of nitrogens with zero attached hydrogens (tertiary/aromatic N) is 3. The second kappa shape index (κ2) is 11.3. The summed E-state index contributed by atoms with van der Waals surface area (Å²) in [5.41, 5.74) is 7.13. The van der Waals surface area contributed by atoms with Crippen LogP contribution >= 0.6 is 0 Å². The standard InChI is InChI=1S/C29H31N3O4/c1-19-8-6-7-9-25(19)26-13-12-22(14-24(26)18-34-4)29-30-28(31-36-29)21-10-11-23(27(15-21)35-5)17-32(3)16-20(2)33/h6-15H,16-18H2,1-5H3. The monoisotopic (exact) mass is 485 g/mol. The summed E-state index contributed by atoms with van der Waals surface area (Å²) in [7, 11) is 5.22. The highest BCUT2D eigenvalue weighted by atomic mass is 16.5. The number of benzene rings is 3. The maximum absolute atomic E-state index is 11.4. The number of Topliss-reactive ketones (excluding diaryl/α,β-unsaturated/α-hetero) is 1. The fraction of sp³-hybridized carbons (Fsp3) is 0.276. The summed E-state index contributed by atoms with van der Waals surface area (Å²) in [6, 6.07) is 20.2. The Balaban J connectivity index is 1.62. The van der Waals surface area contributed by atoms with Crippen molar-refractivity contribution in [3.05, 3.63) is 77.4 Å². The number of rotatable bonds is 10. The molecule has 0 bridgehead atoms. The largest absolute Gasteiger partial charge is 0.496 e. The van der Waals surface area contributed by atoms with Crippen molar-refractivity contribution in [3.8, 4) is 39.7 Å². The Labute approximate surface area is 211 Å². The van der Waals surface area contributed by atoms with Gasteiger partial charge in [0.25, 0.3) is 5.89 Å². The van der Waals surface area contributed by atoms with Crippen LogP contribution in [0.4, 0.5) is 0 Å². The van der Waals surface area contributed by atoms with Crippen molar-refractivity contribution >= 4 is 5.78 Å². The number of carbonyl (C=O) groups excluding carboxylic acids is 1. The highest BCUT2D eigenvalue weighted by molar-refractivity contribution is 5.77. The molecule has 0 atom stereocenters. The third-order valence-corrected chi connectivity index (χ3v) is 5.99. The van der Waals surface area contributed by atoms with Crippen molar-refractivity contribution in [2.24, 2.45) is 0 Å². The first-order chi connectivity index (χ1) is 17.4. The van der Waals surface area contributed by atoms with Gasteiger partial charge in [-0.25, -0.2) is 0 Å². The average molecular weight is 486 g/mol. The van der Waals surface area contributed by atoms with E-state index >= 15 is 0 Å². The molecule has 186 valence electrons. The molecule has 0 unspecified atom stereocenters. The predicted molar refractivity (Wildman–Crippen MR) is 140 cm³/mol. The normalized spacial score (nSPS) is 11.2. The Kier molecular flexibility index (Phi) is 7.93. The smallest absolute Gasteiger partial charge is 0.258 e. The zero-order chi connectivity index (χ0) is 25.7. The number of hydrogen-bond donors (Lipinski definition) is 0. The van der Waals surface area contributed by atoms with Gasteiger partial charge < -0.3 is 14.0 Å². The minimum Gasteiger partial charge on any atom is -0.496 e. The maximum atomic E-state index is 11.4. The van der Waals surface area contributed by atoms with Crippen LogP contribution in [0.5, 0.6) is 5.75 Å². The Morgan fingerprint density at radius 2 is 1.75 bits per heavy atom. The van der Waals surface area contributed by atoms with Crippen LogP contribution in [0.1, 0.15) is 23.6 Å². The molecule has 0 saturated carbocycles. The molecule has 0 amide bonds. The molecule has 36 heavy (non-hydrogen) atoms. The Morgan fingerprint density at radius 1 is 0.972 bits per heavy atom. The molecular formula is C29H31N3O4. The van der Waals surface area contributed by atoms with Gasteiger partial charge in [0, 0.05) is 30.3 Å². The van der Waals surface area contributed by atoms with E-state index in [1.807, 2.05) is 54.4 Å². The van der Waals surface area contributed by atoms with Gasteiger partial charge in [0.1, 0.15) is 11.5 Å². The van der Waals surface area contributed by atoms with Gasteiger partial charge in [0.2, 0.25) is 5.82 Å². The zero-order valence-electron chi connectivity index (χ0n) is 21.4.